The zero-order valence-corrected chi connectivity index (χ0v) is 10.3. The molecule has 7 heteroatoms. The summed E-state index contributed by atoms with van der Waals surface area (Å²) in [7, 11) is 0. The summed E-state index contributed by atoms with van der Waals surface area (Å²) in [5.41, 5.74) is 5.67. The van der Waals surface area contributed by atoms with Crippen molar-refractivity contribution in [1.82, 2.24) is 5.32 Å². The molecule has 0 fully saturated rings. The van der Waals surface area contributed by atoms with Crippen LogP contribution in [0.2, 0.25) is 0 Å². The summed E-state index contributed by atoms with van der Waals surface area (Å²) in [6, 6.07) is 5.04. The number of amides is 1. The molecule has 0 radical (unpaired) electrons. The summed E-state index contributed by atoms with van der Waals surface area (Å²) < 4.78 is 0. The molecule has 1 aromatic carbocycles. The van der Waals surface area contributed by atoms with E-state index in [1.165, 1.54) is 12.1 Å². The van der Waals surface area contributed by atoms with Crippen LogP contribution in [0.15, 0.2) is 24.3 Å². The first-order valence-corrected chi connectivity index (χ1v) is 5.78. The number of anilines is 1. The molecule has 0 unspecified atom stereocenters. The van der Waals surface area contributed by atoms with Crippen LogP contribution in [-0.4, -0.2) is 41.2 Å². The third-order valence-corrected chi connectivity index (χ3v) is 2.35. The monoisotopic (exact) mass is 267 g/mol. The number of carbonyl (C=O) groups is 2. The first-order valence-electron chi connectivity index (χ1n) is 5.78. The van der Waals surface area contributed by atoms with Crippen molar-refractivity contribution in [1.29, 1.82) is 0 Å². The van der Waals surface area contributed by atoms with E-state index in [0.717, 1.165) is 0 Å². The number of hydrogen-bond acceptors (Lipinski definition) is 5. The number of nitrogens with two attached hydrogens (primary N) is 1. The van der Waals surface area contributed by atoms with Gasteiger partial charge in [0.25, 0.3) is 0 Å². The topological polar surface area (TPSA) is 125 Å². The lowest BCUT2D eigenvalue weighted by atomic mass is 10.2. The standard InChI is InChI=1S/C12H17N3O4/c13-4-5-14-10(12(18)19)7-11(17)15-8-2-1-3-9(16)6-8/h1-3,6,10,14,16H,4-5,7,13H2,(H,15,17)(H,18,19)/t10-/m0/s1. The summed E-state index contributed by atoms with van der Waals surface area (Å²) >= 11 is 0. The number of hydrogen-bond donors (Lipinski definition) is 5. The molecular formula is C12H17N3O4. The van der Waals surface area contributed by atoms with Gasteiger partial charge in [0.05, 0.1) is 6.42 Å². The van der Waals surface area contributed by atoms with E-state index in [1.807, 2.05) is 0 Å². The van der Waals surface area contributed by atoms with Crippen molar-refractivity contribution in [2.75, 3.05) is 18.4 Å². The van der Waals surface area contributed by atoms with Crippen molar-refractivity contribution in [3.05, 3.63) is 24.3 Å². The molecule has 0 aliphatic carbocycles. The lowest BCUT2D eigenvalue weighted by molar-refractivity contribution is -0.141. The van der Waals surface area contributed by atoms with Crippen LogP contribution in [-0.2, 0) is 9.59 Å². The minimum Gasteiger partial charge on any atom is -0.508 e. The second-order valence-corrected chi connectivity index (χ2v) is 3.94. The van der Waals surface area contributed by atoms with Gasteiger partial charge in [0, 0.05) is 24.8 Å². The van der Waals surface area contributed by atoms with Gasteiger partial charge in [-0.1, -0.05) is 6.07 Å². The number of carbonyl (C=O) groups excluding carboxylic acids is 1. The Hall–Kier alpha value is -2.12. The normalized spacial score (nSPS) is 11.8. The van der Waals surface area contributed by atoms with Crippen LogP contribution < -0.4 is 16.4 Å². The molecule has 0 bridgehead atoms. The molecule has 0 spiro atoms. The molecule has 1 rings (SSSR count). The Labute approximate surface area is 110 Å². The van der Waals surface area contributed by atoms with Gasteiger partial charge in [0.2, 0.25) is 5.91 Å². The molecule has 1 aromatic rings. The number of aliphatic carboxylic acids is 1. The van der Waals surface area contributed by atoms with Crippen molar-refractivity contribution in [3.63, 3.8) is 0 Å². The SMILES string of the molecule is NCCN[C@@H](CC(=O)Nc1cccc(O)c1)C(=O)O. The van der Waals surface area contributed by atoms with Crippen LogP contribution in [0.5, 0.6) is 5.75 Å². The van der Waals surface area contributed by atoms with Gasteiger partial charge in [-0.05, 0) is 12.1 Å². The average molecular weight is 267 g/mol. The highest BCUT2D eigenvalue weighted by atomic mass is 16.4. The summed E-state index contributed by atoms with van der Waals surface area (Å²) in [5, 5.41) is 23.3. The van der Waals surface area contributed by atoms with Gasteiger partial charge in [-0.3, -0.25) is 9.59 Å². The van der Waals surface area contributed by atoms with Crippen LogP contribution >= 0.6 is 0 Å². The first kappa shape index (κ1) is 14.9. The smallest absolute Gasteiger partial charge is 0.321 e. The van der Waals surface area contributed by atoms with Crippen LogP contribution in [0.25, 0.3) is 0 Å². The zero-order valence-electron chi connectivity index (χ0n) is 10.3. The van der Waals surface area contributed by atoms with E-state index in [9.17, 15) is 14.7 Å². The Kier molecular flexibility index (Phi) is 5.77. The number of phenols is 1. The van der Waals surface area contributed by atoms with E-state index in [4.69, 9.17) is 10.8 Å². The first-order chi connectivity index (χ1) is 9.02. The lowest BCUT2D eigenvalue weighted by Crippen LogP contribution is -2.41. The molecule has 0 saturated heterocycles. The largest absolute Gasteiger partial charge is 0.508 e. The number of carboxylic acid groups (broad SMARTS) is 1. The number of rotatable bonds is 7. The third kappa shape index (κ3) is 5.36. The van der Waals surface area contributed by atoms with Crippen molar-refractivity contribution in [2.45, 2.75) is 12.5 Å². The van der Waals surface area contributed by atoms with Gasteiger partial charge in [-0.2, -0.15) is 0 Å². The highest BCUT2D eigenvalue weighted by molar-refractivity contribution is 5.94. The van der Waals surface area contributed by atoms with Crippen molar-refractivity contribution in [2.24, 2.45) is 5.73 Å². The average Bonchev–Trinajstić information content (AvgIpc) is 2.34. The van der Waals surface area contributed by atoms with E-state index in [1.54, 1.807) is 12.1 Å². The second-order valence-electron chi connectivity index (χ2n) is 3.94. The Bertz CT molecular complexity index is 450. The predicted molar refractivity (Wildman–Crippen MR) is 69.8 cm³/mol. The van der Waals surface area contributed by atoms with Crippen molar-refractivity contribution < 1.29 is 19.8 Å². The number of aromatic hydroxyl groups is 1. The highest BCUT2D eigenvalue weighted by Gasteiger charge is 2.20. The predicted octanol–water partition coefficient (Wildman–Crippen LogP) is -0.278. The summed E-state index contributed by atoms with van der Waals surface area (Å²) in [6.07, 6.45) is -0.217. The Morgan fingerprint density at radius 2 is 2.11 bits per heavy atom. The molecule has 19 heavy (non-hydrogen) atoms. The van der Waals surface area contributed by atoms with Gasteiger partial charge >= 0.3 is 5.97 Å². The summed E-state index contributed by atoms with van der Waals surface area (Å²) in [4.78, 5) is 22.6. The van der Waals surface area contributed by atoms with E-state index in [2.05, 4.69) is 10.6 Å². The molecule has 1 atom stereocenters. The van der Waals surface area contributed by atoms with E-state index >= 15 is 0 Å². The fourth-order valence-electron chi connectivity index (χ4n) is 1.49. The third-order valence-electron chi connectivity index (χ3n) is 2.35. The van der Waals surface area contributed by atoms with E-state index < -0.39 is 17.9 Å². The highest BCUT2D eigenvalue weighted by Crippen LogP contribution is 2.15. The van der Waals surface area contributed by atoms with Gasteiger partial charge in [0.1, 0.15) is 11.8 Å². The zero-order chi connectivity index (χ0) is 14.3. The molecule has 0 aliphatic heterocycles. The fourth-order valence-corrected chi connectivity index (χ4v) is 1.49. The van der Waals surface area contributed by atoms with E-state index in [0.29, 0.717) is 12.2 Å². The number of benzene rings is 1. The Morgan fingerprint density at radius 1 is 1.37 bits per heavy atom. The quantitative estimate of drug-likeness (QED) is 0.463. The molecule has 0 aromatic heterocycles. The van der Waals surface area contributed by atoms with Crippen LogP contribution in [0, 0.1) is 0 Å². The van der Waals surface area contributed by atoms with Gasteiger partial charge in [-0.25, -0.2) is 0 Å². The minimum atomic E-state index is -1.11. The van der Waals surface area contributed by atoms with E-state index in [-0.39, 0.29) is 18.7 Å². The van der Waals surface area contributed by atoms with Crippen LogP contribution in [0.4, 0.5) is 5.69 Å². The number of phenolic OH excluding ortho intramolecular Hbond substituents is 1. The molecule has 0 saturated carbocycles. The maximum absolute atomic E-state index is 11.7. The molecule has 104 valence electrons. The Morgan fingerprint density at radius 3 is 2.68 bits per heavy atom. The molecular weight excluding hydrogens is 250 g/mol. The maximum atomic E-state index is 11.7. The van der Waals surface area contributed by atoms with Crippen LogP contribution in [0.3, 0.4) is 0 Å². The van der Waals surface area contributed by atoms with Gasteiger partial charge in [-0.15, -0.1) is 0 Å². The van der Waals surface area contributed by atoms with Crippen molar-refractivity contribution in [3.8, 4) is 5.75 Å². The second kappa shape index (κ2) is 7.34. The summed E-state index contributed by atoms with van der Waals surface area (Å²) in [5.74, 6) is -1.55. The minimum absolute atomic E-state index is 0.0221. The lowest BCUT2D eigenvalue weighted by Gasteiger charge is -2.13. The maximum Gasteiger partial charge on any atom is 0.321 e. The molecule has 7 nitrogen and oxygen atoms in total. The molecule has 0 heterocycles. The summed E-state index contributed by atoms with van der Waals surface area (Å²) in [6.45, 7) is 0.605. The van der Waals surface area contributed by atoms with Gasteiger partial charge in [0.15, 0.2) is 0 Å². The Balaban J connectivity index is 2.55. The van der Waals surface area contributed by atoms with Crippen LogP contribution in [0.1, 0.15) is 6.42 Å². The molecule has 6 N–H and O–H groups in total. The van der Waals surface area contributed by atoms with Crippen molar-refractivity contribution >= 4 is 17.6 Å². The van der Waals surface area contributed by atoms with Gasteiger partial charge < -0.3 is 26.6 Å². The number of nitrogens with one attached hydrogen (secondary N) is 2. The molecule has 0 aliphatic rings. The molecule has 1 amide bonds. The fraction of sp³-hybridized carbons (Fsp3) is 0.333. The number of carboxylic acids is 1.